The fourth-order valence-corrected chi connectivity index (χ4v) is 4.61. The predicted octanol–water partition coefficient (Wildman–Crippen LogP) is 1.45. The molecule has 2 aromatic carbocycles. The highest BCUT2D eigenvalue weighted by atomic mass is 16.5. The van der Waals surface area contributed by atoms with E-state index in [-0.39, 0.29) is 42.2 Å². The van der Waals surface area contributed by atoms with Gasteiger partial charge in [-0.05, 0) is 43.0 Å². The number of aryl methyl sites for hydroxylation is 1. The number of fused-ring (bicyclic) bond motifs is 2. The van der Waals surface area contributed by atoms with Crippen molar-refractivity contribution in [3.63, 3.8) is 0 Å². The monoisotopic (exact) mass is 447 g/mol. The van der Waals surface area contributed by atoms with Crippen LogP contribution in [-0.4, -0.2) is 53.6 Å². The number of anilines is 1. The second-order valence-corrected chi connectivity index (χ2v) is 8.19. The van der Waals surface area contributed by atoms with E-state index in [9.17, 15) is 24.0 Å². The van der Waals surface area contributed by atoms with Crippen LogP contribution in [-0.2, 0) is 20.8 Å². The molecule has 1 atom stereocenters. The first-order chi connectivity index (χ1) is 16.0. The maximum atomic E-state index is 13.1. The molecule has 1 N–H and O–H groups in total. The van der Waals surface area contributed by atoms with Crippen molar-refractivity contribution >= 4 is 35.2 Å². The zero-order chi connectivity index (χ0) is 23.1. The summed E-state index contributed by atoms with van der Waals surface area (Å²) in [6.07, 6.45) is 1.86. The molecular formula is C24H21N3O6. The first kappa shape index (κ1) is 20.9. The maximum absolute atomic E-state index is 13.1. The number of carbonyl (C=O) groups is 5. The van der Waals surface area contributed by atoms with E-state index in [1.165, 1.54) is 12.1 Å². The predicted molar refractivity (Wildman–Crippen MR) is 116 cm³/mol. The van der Waals surface area contributed by atoms with Crippen LogP contribution in [0.3, 0.4) is 0 Å². The van der Waals surface area contributed by atoms with Gasteiger partial charge in [0.1, 0.15) is 11.8 Å². The fraction of sp³-hybridized carbons (Fsp3) is 0.292. The standard InChI is InChI=1S/C24H21N3O6/c28-19-11-10-17(22(30)25-19)27-23(31)15-7-3-9-18(21(15)24(27)32)33-13-20(29)26-12-4-6-14-5-1-2-8-16(14)26/h1-3,5,7-9,17H,4,6,10-13H2,(H,25,28,30). The number of para-hydroxylation sites is 1. The highest BCUT2D eigenvalue weighted by Crippen LogP contribution is 2.34. The number of hydrogen-bond acceptors (Lipinski definition) is 6. The van der Waals surface area contributed by atoms with Crippen molar-refractivity contribution in [1.29, 1.82) is 0 Å². The average molecular weight is 447 g/mol. The number of ether oxygens (including phenoxy) is 1. The van der Waals surface area contributed by atoms with E-state index >= 15 is 0 Å². The molecule has 9 nitrogen and oxygen atoms in total. The Labute approximate surface area is 189 Å². The molecule has 0 saturated carbocycles. The van der Waals surface area contributed by atoms with Crippen LogP contribution in [0.1, 0.15) is 45.5 Å². The summed E-state index contributed by atoms with van der Waals surface area (Å²) in [7, 11) is 0. The summed E-state index contributed by atoms with van der Waals surface area (Å²) in [4.78, 5) is 65.2. The Balaban J connectivity index is 1.35. The summed E-state index contributed by atoms with van der Waals surface area (Å²) in [5.41, 5.74) is 2.08. The minimum Gasteiger partial charge on any atom is -0.483 e. The highest BCUT2D eigenvalue weighted by Gasteiger charge is 2.46. The summed E-state index contributed by atoms with van der Waals surface area (Å²) in [5, 5.41) is 2.17. The number of rotatable bonds is 4. The molecule has 3 aliphatic rings. The van der Waals surface area contributed by atoms with Gasteiger partial charge >= 0.3 is 0 Å². The molecular weight excluding hydrogens is 426 g/mol. The Bertz CT molecular complexity index is 1210. The lowest BCUT2D eigenvalue weighted by Crippen LogP contribution is -2.54. The summed E-state index contributed by atoms with van der Waals surface area (Å²) < 4.78 is 5.73. The zero-order valence-corrected chi connectivity index (χ0v) is 17.7. The molecule has 0 radical (unpaired) electrons. The molecule has 5 rings (SSSR count). The van der Waals surface area contributed by atoms with Crippen LogP contribution in [0.15, 0.2) is 42.5 Å². The van der Waals surface area contributed by atoms with Crippen LogP contribution >= 0.6 is 0 Å². The minimum atomic E-state index is -1.06. The van der Waals surface area contributed by atoms with Gasteiger partial charge in [-0.25, -0.2) is 0 Å². The Hall–Kier alpha value is -4.01. The molecule has 1 unspecified atom stereocenters. The van der Waals surface area contributed by atoms with Crippen molar-refractivity contribution < 1.29 is 28.7 Å². The zero-order valence-electron chi connectivity index (χ0n) is 17.7. The summed E-state index contributed by atoms with van der Waals surface area (Å²) in [5.74, 6) is -2.54. The average Bonchev–Trinajstić information content (AvgIpc) is 3.08. The van der Waals surface area contributed by atoms with Crippen LogP contribution in [0.2, 0.25) is 0 Å². The van der Waals surface area contributed by atoms with Gasteiger partial charge in [-0.1, -0.05) is 24.3 Å². The lowest BCUT2D eigenvalue weighted by Gasteiger charge is -2.29. The molecule has 0 bridgehead atoms. The van der Waals surface area contributed by atoms with E-state index in [0.29, 0.717) is 6.54 Å². The van der Waals surface area contributed by atoms with Gasteiger partial charge in [0.25, 0.3) is 17.7 Å². The molecule has 3 aliphatic heterocycles. The fourth-order valence-electron chi connectivity index (χ4n) is 4.61. The molecule has 5 amide bonds. The Kier molecular flexibility index (Phi) is 5.16. The Morgan fingerprint density at radius 2 is 1.82 bits per heavy atom. The van der Waals surface area contributed by atoms with Gasteiger partial charge in [-0.2, -0.15) is 0 Å². The van der Waals surface area contributed by atoms with Gasteiger partial charge in [0.05, 0.1) is 11.1 Å². The summed E-state index contributed by atoms with van der Waals surface area (Å²) >= 11 is 0. The van der Waals surface area contributed by atoms with Crippen LogP contribution in [0, 0.1) is 0 Å². The Morgan fingerprint density at radius 1 is 1.00 bits per heavy atom. The van der Waals surface area contributed by atoms with Gasteiger partial charge in [-0.15, -0.1) is 0 Å². The van der Waals surface area contributed by atoms with Gasteiger partial charge in [0.2, 0.25) is 11.8 Å². The third kappa shape index (κ3) is 3.55. The van der Waals surface area contributed by atoms with Crippen molar-refractivity contribution in [2.45, 2.75) is 31.7 Å². The second kappa shape index (κ2) is 8.16. The van der Waals surface area contributed by atoms with Crippen molar-refractivity contribution in [3.8, 4) is 5.75 Å². The molecule has 0 spiro atoms. The van der Waals surface area contributed by atoms with Crippen LogP contribution in [0.5, 0.6) is 5.75 Å². The normalized spacial score (nSPS) is 19.8. The lowest BCUT2D eigenvalue weighted by molar-refractivity contribution is -0.136. The van der Waals surface area contributed by atoms with Crippen LogP contribution in [0.4, 0.5) is 5.69 Å². The van der Waals surface area contributed by atoms with E-state index in [0.717, 1.165) is 29.0 Å². The third-order valence-corrected chi connectivity index (χ3v) is 6.19. The number of nitrogens with zero attached hydrogens (tertiary/aromatic N) is 2. The molecule has 2 aromatic rings. The van der Waals surface area contributed by atoms with E-state index in [1.54, 1.807) is 11.0 Å². The van der Waals surface area contributed by atoms with Crippen LogP contribution < -0.4 is 15.0 Å². The molecule has 3 heterocycles. The minimum absolute atomic E-state index is 0.0269. The van der Waals surface area contributed by atoms with Crippen LogP contribution in [0.25, 0.3) is 0 Å². The maximum Gasteiger partial charge on any atom is 0.266 e. The number of amides is 5. The molecule has 0 aliphatic carbocycles. The molecule has 0 aromatic heterocycles. The highest BCUT2D eigenvalue weighted by molar-refractivity contribution is 6.24. The third-order valence-electron chi connectivity index (χ3n) is 6.19. The van der Waals surface area contributed by atoms with Gasteiger partial charge in [-0.3, -0.25) is 34.2 Å². The van der Waals surface area contributed by atoms with Crippen molar-refractivity contribution in [1.82, 2.24) is 10.2 Å². The van der Waals surface area contributed by atoms with Crippen molar-refractivity contribution in [3.05, 3.63) is 59.2 Å². The van der Waals surface area contributed by atoms with Crippen molar-refractivity contribution in [2.24, 2.45) is 0 Å². The lowest BCUT2D eigenvalue weighted by atomic mass is 10.0. The number of nitrogens with one attached hydrogen (secondary N) is 1. The van der Waals surface area contributed by atoms with Crippen molar-refractivity contribution in [2.75, 3.05) is 18.1 Å². The van der Waals surface area contributed by atoms with E-state index in [1.807, 2.05) is 24.3 Å². The number of piperidine rings is 1. The quantitative estimate of drug-likeness (QED) is 0.710. The SMILES string of the molecule is O=C1CCC(N2C(=O)c3cccc(OCC(=O)N4CCCc5ccccc54)c3C2=O)C(=O)N1. The molecule has 1 fully saturated rings. The Morgan fingerprint density at radius 3 is 2.64 bits per heavy atom. The van der Waals surface area contributed by atoms with Gasteiger partial charge < -0.3 is 9.64 Å². The largest absolute Gasteiger partial charge is 0.483 e. The molecule has 9 heteroatoms. The van der Waals surface area contributed by atoms with E-state index in [2.05, 4.69) is 5.32 Å². The second-order valence-electron chi connectivity index (χ2n) is 8.19. The topological polar surface area (TPSA) is 113 Å². The molecule has 33 heavy (non-hydrogen) atoms. The number of carbonyl (C=O) groups excluding carboxylic acids is 5. The number of benzene rings is 2. The van der Waals surface area contributed by atoms with Gasteiger partial charge in [0.15, 0.2) is 6.61 Å². The molecule has 168 valence electrons. The van der Waals surface area contributed by atoms with E-state index in [4.69, 9.17) is 4.74 Å². The first-order valence-corrected chi connectivity index (χ1v) is 10.8. The first-order valence-electron chi connectivity index (χ1n) is 10.8. The smallest absolute Gasteiger partial charge is 0.266 e. The van der Waals surface area contributed by atoms with E-state index < -0.39 is 29.7 Å². The number of hydrogen-bond donors (Lipinski definition) is 1. The summed E-state index contributed by atoms with van der Waals surface area (Å²) in [6.45, 7) is 0.275. The molecule has 1 saturated heterocycles. The number of imide groups is 2. The summed E-state index contributed by atoms with van der Waals surface area (Å²) in [6, 6.07) is 11.2. The van der Waals surface area contributed by atoms with Gasteiger partial charge in [0, 0.05) is 18.7 Å².